The number of nitrogens with zero attached hydrogens (tertiary/aromatic N) is 3. The van der Waals surface area contributed by atoms with Crippen LogP contribution in [0.15, 0.2) is 85.2 Å². The number of rotatable bonds is 10. The molecule has 0 saturated heterocycles. The van der Waals surface area contributed by atoms with Crippen LogP contribution in [0.5, 0.6) is 5.75 Å². The topological polar surface area (TPSA) is 135 Å². The van der Waals surface area contributed by atoms with Crippen LogP contribution in [0.1, 0.15) is 11.3 Å². The number of para-hydroxylation sites is 1. The van der Waals surface area contributed by atoms with Crippen molar-refractivity contribution in [1.82, 2.24) is 25.4 Å². The van der Waals surface area contributed by atoms with Crippen LogP contribution in [0, 0.1) is 0 Å². The van der Waals surface area contributed by atoms with Gasteiger partial charge in [-0.15, -0.1) is 0 Å². The van der Waals surface area contributed by atoms with E-state index in [1.807, 2.05) is 53.2 Å². The van der Waals surface area contributed by atoms with Crippen LogP contribution in [0.25, 0.3) is 16.9 Å². The second-order valence-electron chi connectivity index (χ2n) is 8.01. The second-order valence-corrected chi connectivity index (χ2v) is 8.01. The first-order valence-corrected chi connectivity index (χ1v) is 11.1. The lowest BCUT2D eigenvalue weighted by Crippen LogP contribution is -2.48. The number of carbonyl (C=O) groups excluding carboxylic acids is 2. The number of phenolic OH excluding ortho intramolecular Hbond substituents is 1. The van der Waals surface area contributed by atoms with Crippen molar-refractivity contribution in [3.8, 4) is 22.7 Å². The number of aromatic hydroxyl groups is 1. The fourth-order valence-electron chi connectivity index (χ4n) is 3.63. The van der Waals surface area contributed by atoms with E-state index >= 15 is 0 Å². The first-order chi connectivity index (χ1) is 17.0. The number of aromatic nitrogens is 3. The Bertz CT molecular complexity index is 1270. The standard InChI is InChI=1S/C26H26N6O3/c27-26(35)24(13-18-8-10-22(33)11-9-18)30-25(34)17-29-16-21-14-23(19-5-4-12-28-15-19)31-32(21)20-6-2-1-3-7-20/h1-12,14-15,24,29,33H,13,16-17H2,(H2,27,35)(H,30,34)/t24-/m0/s1. The number of benzene rings is 2. The van der Waals surface area contributed by atoms with E-state index in [9.17, 15) is 14.7 Å². The summed E-state index contributed by atoms with van der Waals surface area (Å²) >= 11 is 0. The van der Waals surface area contributed by atoms with Gasteiger partial charge in [-0.1, -0.05) is 30.3 Å². The Kier molecular flexibility index (Phi) is 7.49. The fourth-order valence-corrected chi connectivity index (χ4v) is 3.63. The molecule has 2 aromatic carbocycles. The maximum atomic E-state index is 12.5. The van der Waals surface area contributed by atoms with Gasteiger partial charge in [-0.05, 0) is 48.0 Å². The minimum Gasteiger partial charge on any atom is -0.508 e. The molecule has 4 aromatic rings. The van der Waals surface area contributed by atoms with Gasteiger partial charge in [0.15, 0.2) is 0 Å². The van der Waals surface area contributed by atoms with Crippen molar-refractivity contribution in [1.29, 1.82) is 0 Å². The van der Waals surface area contributed by atoms with E-state index in [1.165, 1.54) is 12.1 Å². The van der Waals surface area contributed by atoms with Crippen molar-refractivity contribution in [2.24, 2.45) is 5.73 Å². The third-order valence-electron chi connectivity index (χ3n) is 5.39. The molecule has 35 heavy (non-hydrogen) atoms. The molecule has 0 radical (unpaired) electrons. The number of hydrogen-bond donors (Lipinski definition) is 4. The van der Waals surface area contributed by atoms with Gasteiger partial charge in [0, 0.05) is 30.9 Å². The summed E-state index contributed by atoms with van der Waals surface area (Å²) in [7, 11) is 0. The molecule has 1 atom stereocenters. The van der Waals surface area contributed by atoms with Crippen LogP contribution in [0.4, 0.5) is 0 Å². The quantitative estimate of drug-likeness (QED) is 0.280. The summed E-state index contributed by atoms with van der Waals surface area (Å²) in [6.45, 7) is 0.357. The molecule has 2 aromatic heterocycles. The van der Waals surface area contributed by atoms with Crippen molar-refractivity contribution in [2.75, 3.05) is 6.54 Å². The third kappa shape index (κ3) is 6.30. The molecule has 0 unspecified atom stereocenters. The molecule has 0 aliphatic rings. The van der Waals surface area contributed by atoms with Crippen molar-refractivity contribution >= 4 is 11.8 Å². The second kappa shape index (κ2) is 11.1. The van der Waals surface area contributed by atoms with Gasteiger partial charge in [-0.25, -0.2) is 4.68 Å². The van der Waals surface area contributed by atoms with E-state index in [2.05, 4.69) is 15.6 Å². The largest absolute Gasteiger partial charge is 0.508 e. The summed E-state index contributed by atoms with van der Waals surface area (Å²) in [5, 5.41) is 19.9. The fraction of sp³-hybridized carbons (Fsp3) is 0.154. The Morgan fingerprint density at radius 3 is 2.49 bits per heavy atom. The molecule has 0 saturated carbocycles. The molecule has 2 heterocycles. The van der Waals surface area contributed by atoms with Gasteiger partial charge in [0.05, 0.1) is 23.6 Å². The molecular weight excluding hydrogens is 444 g/mol. The average molecular weight is 471 g/mol. The summed E-state index contributed by atoms with van der Waals surface area (Å²) in [6.07, 6.45) is 3.69. The normalized spacial score (nSPS) is 11.7. The number of phenols is 1. The van der Waals surface area contributed by atoms with Crippen LogP contribution in [0.3, 0.4) is 0 Å². The van der Waals surface area contributed by atoms with E-state index in [-0.39, 0.29) is 24.6 Å². The highest BCUT2D eigenvalue weighted by Crippen LogP contribution is 2.21. The molecule has 0 aliphatic heterocycles. The van der Waals surface area contributed by atoms with Crippen LogP contribution < -0.4 is 16.4 Å². The Labute approximate surface area is 202 Å². The monoisotopic (exact) mass is 470 g/mol. The Hall–Kier alpha value is -4.50. The van der Waals surface area contributed by atoms with E-state index in [0.29, 0.717) is 6.54 Å². The number of nitrogens with one attached hydrogen (secondary N) is 2. The number of primary amides is 1. The SMILES string of the molecule is NC(=O)[C@H](Cc1ccc(O)cc1)NC(=O)CNCc1cc(-c2cccnc2)nn1-c1ccccc1. The first kappa shape index (κ1) is 23.7. The summed E-state index contributed by atoms with van der Waals surface area (Å²) < 4.78 is 1.82. The molecule has 0 bridgehead atoms. The van der Waals surface area contributed by atoms with Crippen LogP contribution in [-0.4, -0.2) is 44.3 Å². The third-order valence-corrected chi connectivity index (χ3v) is 5.39. The van der Waals surface area contributed by atoms with Gasteiger partial charge in [-0.3, -0.25) is 14.6 Å². The van der Waals surface area contributed by atoms with E-state index in [0.717, 1.165) is 28.2 Å². The maximum Gasteiger partial charge on any atom is 0.240 e. The molecule has 5 N–H and O–H groups in total. The van der Waals surface area contributed by atoms with Gasteiger partial charge >= 0.3 is 0 Å². The number of nitrogens with two attached hydrogens (primary N) is 1. The molecule has 0 aliphatic carbocycles. The summed E-state index contributed by atoms with van der Waals surface area (Å²) in [6, 6.07) is 21.0. The number of hydrogen-bond acceptors (Lipinski definition) is 6. The van der Waals surface area contributed by atoms with Gasteiger partial charge < -0.3 is 21.5 Å². The molecule has 0 spiro atoms. The van der Waals surface area contributed by atoms with Crippen LogP contribution in [-0.2, 0) is 22.6 Å². The van der Waals surface area contributed by atoms with Gasteiger partial charge in [0.1, 0.15) is 11.8 Å². The zero-order valence-electron chi connectivity index (χ0n) is 19.0. The number of amides is 2. The summed E-state index contributed by atoms with van der Waals surface area (Å²) in [5.41, 5.74) is 9.67. The minimum absolute atomic E-state index is 0.0123. The van der Waals surface area contributed by atoms with Gasteiger partial charge in [-0.2, -0.15) is 5.10 Å². The number of pyridine rings is 1. The summed E-state index contributed by atoms with van der Waals surface area (Å²) in [5.74, 6) is -0.862. The Morgan fingerprint density at radius 1 is 1.03 bits per heavy atom. The highest BCUT2D eigenvalue weighted by Gasteiger charge is 2.19. The average Bonchev–Trinajstić information content (AvgIpc) is 3.30. The van der Waals surface area contributed by atoms with E-state index in [1.54, 1.807) is 24.5 Å². The molecule has 2 amide bonds. The molecule has 9 nitrogen and oxygen atoms in total. The molecule has 0 fully saturated rings. The predicted octanol–water partition coefficient (Wildman–Crippen LogP) is 1.94. The maximum absolute atomic E-state index is 12.5. The van der Waals surface area contributed by atoms with Gasteiger partial charge in [0.25, 0.3) is 0 Å². The highest BCUT2D eigenvalue weighted by atomic mass is 16.3. The van der Waals surface area contributed by atoms with Crippen molar-refractivity contribution in [2.45, 2.75) is 19.0 Å². The Balaban J connectivity index is 1.41. The Morgan fingerprint density at radius 2 is 1.80 bits per heavy atom. The first-order valence-electron chi connectivity index (χ1n) is 11.1. The van der Waals surface area contributed by atoms with Crippen molar-refractivity contribution < 1.29 is 14.7 Å². The van der Waals surface area contributed by atoms with Gasteiger partial charge in [0.2, 0.25) is 11.8 Å². The van der Waals surface area contributed by atoms with Crippen LogP contribution in [0.2, 0.25) is 0 Å². The lowest BCUT2D eigenvalue weighted by atomic mass is 10.1. The zero-order valence-corrected chi connectivity index (χ0v) is 19.0. The number of carbonyl (C=O) groups is 2. The lowest BCUT2D eigenvalue weighted by molar-refractivity contribution is -0.126. The smallest absolute Gasteiger partial charge is 0.240 e. The molecule has 178 valence electrons. The van der Waals surface area contributed by atoms with Crippen LogP contribution >= 0.6 is 0 Å². The minimum atomic E-state index is -0.860. The summed E-state index contributed by atoms with van der Waals surface area (Å²) in [4.78, 5) is 28.5. The molecule has 9 heteroatoms. The van der Waals surface area contributed by atoms with E-state index in [4.69, 9.17) is 10.8 Å². The van der Waals surface area contributed by atoms with Crippen molar-refractivity contribution in [3.05, 3.63) is 96.4 Å². The zero-order chi connectivity index (χ0) is 24.6. The van der Waals surface area contributed by atoms with E-state index < -0.39 is 11.9 Å². The lowest BCUT2D eigenvalue weighted by Gasteiger charge is -2.16. The van der Waals surface area contributed by atoms with Crippen molar-refractivity contribution in [3.63, 3.8) is 0 Å². The molecule has 4 rings (SSSR count). The predicted molar refractivity (Wildman–Crippen MR) is 131 cm³/mol. The highest BCUT2D eigenvalue weighted by molar-refractivity contribution is 5.87. The molecular formula is C26H26N6O3.